The van der Waals surface area contributed by atoms with Gasteiger partial charge in [-0.25, -0.2) is 10.3 Å². The van der Waals surface area contributed by atoms with Gasteiger partial charge >= 0.3 is 5.97 Å². The van der Waals surface area contributed by atoms with E-state index in [0.717, 1.165) is 0 Å². The SMILES string of the molecule is CC(CON)(C(=O)O)c1ccccc1F. The number of aliphatic carboxylic acids is 1. The molecule has 3 N–H and O–H groups in total. The molecular formula is C10H12FNO3. The number of halogens is 1. The topological polar surface area (TPSA) is 72.5 Å². The first-order valence-corrected chi connectivity index (χ1v) is 4.32. The summed E-state index contributed by atoms with van der Waals surface area (Å²) in [5, 5.41) is 9.04. The highest BCUT2D eigenvalue weighted by molar-refractivity contribution is 5.81. The van der Waals surface area contributed by atoms with Crippen LogP contribution >= 0.6 is 0 Å². The van der Waals surface area contributed by atoms with Gasteiger partial charge in [-0.3, -0.25) is 4.79 Å². The van der Waals surface area contributed by atoms with Gasteiger partial charge in [-0.1, -0.05) is 18.2 Å². The molecule has 0 heterocycles. The third kappa shape index (κ3) is 2.14. The summed E-state index contributed by atoms with van der Waals surface area (Å²) in [6.07, 6.45) is 0. The Hall–Kier alpha value is -1.46. The smallest absolute Gasteiger partial charge is 0.316 e. The predicted molar refractivity (Wildman–Crippen MR) is 51.5 cm³/mol. The van der Waals surface area contributed by atoms with Crippen molar-refractivity contribution in [1.82, 2.24) is 0 Å². The maximum absolute atomic E-state index is 13.4. The number of carboxylic acid groups (broad SMARTS) is 1. The second kappa shape index (κ2) is 4.37. The van der Waals surface area contributed by atoms with Crippen LogP contribution in [0.25, 0.3) is 0 Å². The Labute approximate surface area is 86.4 Å². The van der Waals surface area contributed by atoms with Crippen LogP contribution in [0.4, 0.5) is 4.39 Å². The minimum Gasteiger partial charge on any atom is -0.481 e. The van der Waals surface area contributed by atoms with Gasteiger partial charge in [0, 0.05) is 5.56 Å². The molecule has 5 heteroatoms. The molecule has 1 aromatic carbocycles. The van der Waals surface area contributed by atoms with Crippen molar-refractivity contribution < 1.29 is 19.1 Å². The van der Waals surface area contributed by atoms with Gasteiger partial charge in [0.05, 0.1) is 6.61 Å². The summed E-state index contributed by atoms with van der Waals surface area (Å²) in [7, 11) is 0. The number of carbonyl (C=O) groups is 1. The van der Waals surface area contributed by atoms with Crippen LogP contribution < -0.4 is 5.90 Å². The summed E-state index contributed by atoms with van der Waals surface area (Å²) in [4.78, 5) is 15.4. The molecule has 1 atom stereocenters. The fourth-order valence-electron chi connectivity index (χ4n) is 1.33. The van der Waals surface area contributed by atoms with Crippen molar-refractivity contribution in [2.45, 2.75) is 12.3 Å². The fourth-order valence-corrected chi connectivity index (χ4v) is 1.33. The van der Waals surface area contributed by atoms with E-state index in [1.54, 1.807) is 6.07 Å². The molecule has 1 aromatic rings. The molecule has 0 fully saturated rings. The molecule has 0 spiro atoms. The third-order valence-corrected chi connectivity index (χ3v) is 2.31. The van der Waals surface area contributed by atoms with Gasteiger partial charge in [0.15, 0.2) is 0 Å². The molecule has 15 heavy (non-hydrogen) atoms. The van der Waals surface area contributed by atoms with Crippen molar-refractivity contribution in [3.05, 3.63) is 35.6 Å². The van der Waals surface area contributed by atoms with E-state index in [-0.39, 0.29) is 12.2 Å². The Kier molecular flexibility index (Phi) is 3.39. The maximum Gasteiger partial charge on any atom is 0.316 e. The minimum absolute atomic E-state index is 0.0583. The molecule has 0 saturated heterocycles. The highest BCUT2D eigenvalue weighted by Gasteiger charge is 2.37. The number of hydrogen-bond acceptors (Lipinski definition) is 3. The number of hydrogen-bond donors (Lipinski definition) is 2. The van der Waals surface area contributed by atoms with Gasteiger partial charge in [-0.2, -0.15) is 0 Å². The first-order chi connectivity index (χ1) is 7.02. The summed E-state index contributed by atoms with van der Waals surface area (Å²) < 4.78 is 13.4. The first-order valence-electron chi connectivity index (χ1n) is 4.32. The van der Waals surface area contributed by atoms with Crippen LogP contribution in [0.15, 0.2) is 24.3 Å². The van der Waals surface area contributed by atoms with Crippen molar-refractivity contribution in [2.75, 3.05) is 6.61 Å². The van der Waals surface area contributed by atoms with E-state index >= 15 is 0 Å². The Morgan fingerprint density at radius 1 is 1.60 bits per heavy atom. The largest absolute Gasteiger partial charge is 0.481 e. The number of rotatable bonds is 4. The lowest BCUT2D eigenvalue weighted by molar-refractivity contribution is -0.146. The molecule has 0 bridgehead atoms. The lowest BCUT2D eigenvalue weighted by atomic mass is 9.83. The lowest BCUT2D eigenvalue weighted by Crippen LogP contribution is -2.39. The standard InChI is InChI=1S/C10H12FNO3/c1-10(6-15-12,9(13)14)7-4-2-3-5-8(7)11/h2-5H,6,12H2,1H3,(H,13,14). The molecule has 82 valence electrons. The van der Waals surface area contributed by atoms with Gasteiger partial charge in [-0.15, -0.1) is 0 Å². The van der Waals surface area contributed by atoms with Crippen molar-refractivity contribution in [3.8, 4) is 0 Å². The van der Waals surface area contributed by atoms with E-state index in [1.807, 2.05) is 0 Å². The van der Waals surface area contributed by atoms with Gasteiger partial charge in [-0.05, 0) is 13.0 Å². The highest BCUT2D eigenvalue weighted by Crippen LogP contribution is 2.26. The lowest BCUT2D eigenvalue weighted by Gasteiger charge is -2.24. The molecule has 0 saturated carbocycles. The van der Waals surface area contributed by atoms with Crippen molar-refractivity contribution in [3.63, 3.8) is 0 Å². The van der Waals surface area contributed by atoms with Crippen molar-refractivity contribution >= 4 is 5.97 Å². The van der Waals surface area contributed by atoms with E-state index in [2.05, 4.69) is 4.84 Å². The minimum atomic E-state index is -1.47. The van der Waals surface area contributed by atoms with Crippen LogP contribution in [-0.4, -0.2) is 17.7 Å². The van der Waals surface area contributed by atoms with Crippen molar-refractivity contribution in [1.29, 1.82) is 0 Å². The normalized spacial score (nSPS) is 14.6. The molecule has 0 aromatic heterocycles. The highest BCUT2D eigenvalue weighted by atomic mass is 19.1. The monoisotopic (exact) mass is 213 g/mol. The van der Waals surface area contributed by atoms with Gasteiger partial charge < -0.3 is 9.94 Å². The fraction of sp³-hybridized carbons (Fsp3) is 0.300. The quantitative estimate of drug-likeness (QED) is 0.733. The molecule has 1 rings (SSSR count). The average Bonchev–Trinajstić information content (AvgIpc) is 2.18. The van der Waals surface area contributed by atoms with E-state index in [4.69, 9.17) is 11.0 Å². The number of benzene rings is 1. The van der Waals surface area contributed by atoms with Crippen LogP contribution in [0.3, 0.4) is 0 Å². The van der Waals surface area contributed by atoms with Crippen molar-refractivity contribution in [2.24, 2.45) is 5.90 Å². The summed E-state index contributed by atoms with van der Waals surface area (Å²) in [5.74, 6) is 3.09. The Morgan fingerprint density at radius 3 is 2.67 bits per heavy atom. The maximum atomic E-state index is 13.4. The molecule has 0 aliphatic carbocycles. The first kappa shape index (κ1) is 11.6. The number of nitrogens with two attached hydrogens (primary N) is 1. The van der Waals surface area contributed by atoms with E-state index < -0.39 is 17.2 Å². The Balaban J connectivity index is 3.21. The van der Waals surface area contributed by atoms with Gasteiger partial charge in [0.1, 0.15) is 11.2 Å². The van der Waals surface area contributed by atoms with E-state index in [1.165, 1.54) is 25.1 Å². The zero-order valence-electron chi connectivity index (χ0n) is 8.24. The second-order valence-electron chi connectivity index (χ2n) is 3.43. The zero-order valence-corrected chi connectivity index (χ0v) is 8.24. The van der Waals surface area contributed by atoms with Crippen LogP contribution in [-0.2, 0) is 15.0 Å². The van der Waals surface area contributed by atoms with E-state index in [9.17, 15) is 9.18 Å². The summed E-state index contributed by atoms with van der Waals surface area (Å²) in [6, 6.07) is 5.66. The molecule has 0 aliphatic rings. The molecule has 0 aliphatic heterocycles. The summed E-state index contributed by atoms with van der Waals surface area (Å²) in [6.45, 7) is 1.07. The molecule has 1 unspecified atom stereocenters. The number of carboxylic acids is 1. The van der Waals surface area contributed by atoms with Gasteiger partial charge in [0.2, 0.25) is 0 Å². The molecule has 0 radical (unpaired) electrons. The molecular weight excluding hydrogens is 201 g/mol. The Bertz CT molecular complexity index is 369. The average molecular weight is 213 g/mol. The Morgan fingerprint density at radius 2 is 2.20 bits per heavy atom. The predicted octanol–water partition coefficient (Wildman–Crippen LogP) is 1.06. The molecule has 0 amide bonds. The van der Waals surface area contributed by atoms with Crippen LogP contribution in [0.2, 0.25) is 0 Å². The zero-order chi connectivity index (χ0) is 11.5. The van der Waals surface area contributed by atoms with Gasteiger partial charge in [0.25, 0.3) is 0 Å². The van der Waals surface area contributed by atoms with Crippen LogP contribution in [0.5, 0.6) is 0 Å². The van der Waals surface area contributed by atoms with Crippen LogP contribution in [0, 0.1) is 5.82 Å². The van der Waals surface area contributed by atoms with Crippen LogP contribution in [0.1, 0.15) is 12.5 Å². The molecule has 4 nitrogen and oxygen atoms in total. The summed E-state index contributed by atoms with van der Waals surface area (Å²) in [5.41, 5.74) is -1.41. The summed E-state index contributed by atoms with van der Waals surface area (Å²) >= 11 is 0. The third-order valence-electron chi connectivity index (χ3n) is 2.31. The van der Waals surface area contributed by atoms with E-state index in [0.29, 0.717) is 0 Å². The second-order valence-corrected chi connectivity index (χ2v) is 3.43.